The van der Waals surface area contributed by atoms with Gasteiger partial charge in [-0.3, -0.25) is 0 Å². The lowest BCUT2D eigenvalue weighted by molar-refractivity contribution is 0.0183. The van der Waals surface area contributed by atoms with Crippen molar-refractivity contribution < 1.29 is 27.5 Å². The van der Waals surface area contributed by atoms with Crippen LogP contribution in [0.2, 0.25) is 0 Å². The molecule has 1 rings (SSSR count). The highest BCUT2D eigenvalue weighted by molar-refractivity contribution is 7.87. The van der Waals surface area contributed by atoms with E-state index < -0.39 is 33.6 Å². The number of amides is 2. The zero-order chi connectivity index (χ0) is 20.3. The molecule has 1 aliphatic rings. The first-order chi connectivity index (χ1) is 11.6. The second-order valence-electron chi connectivity index (χ2n) is 8.32. The van der Waals surface area contributed by atoms with Crippen LogP contribution in [0.5, 0.6) is 0 Å². The molecule has 1 heterocycles. The monoisotopic (exact) mass is 393 g/mol. The maximum absolute atomic E-state index is 12.3. The van der Waals surface area contributed by atoms with Crippen LogP contribution in [0.3, 0.4) is 0 Å². The van der Waals surface area contributed by atoms with Gasteiger partial charge < -0.3 is 14.4 Å². The van der Waals surface area contributed by atoms with Gasteiger partial charge in [0.05, 0.1) is 0 Å². The van der Waals surface area contributed by atoms with E-state index in [9.17, 15) is 18.0 Å². The van der Waals surface area contributed by atoms with E-state index in [1.807, 2.05) is 4.72 Å². The largest absolute Gasteiger partial charge is 0.444 e. The quantitative estimate of drug-likeness (QED) is 0.787. The maximum atomic E-state index is 12.3. The fourth-order valence-corrected chi connectivity index (χ4v) is 3.41. The minimum absolute atomic E-state index is 0.325. The Kier molecular flexibility index (Phi) is 6.92. The van der Waals surface area contributed by atoms with Gasteiger partial charge in [-0.1, -0.05) is 0 Å². The minimum atomic E-state index is -4.02. The predicted molar refractivity (Wildman–Crippen MR) is 96.9 cm³/mol. The van der Waals surface area contributed by atoms with Crippen molar-refractivity contribution >= 4 is 22.4 Å². The zero-order valence-electron chi connectivity index (χ0n) is 16.7. The molecule has 0 aromatic heterocycles. The van der Waals surface area contributed by atoms with Gasteiger partial charge in [-0.25, -0.2) is 14.3 Å². The fraction of sp³-hybridized carbons (Fsp3) is 0.875. The number of carbonyl (C=O) groups is 2. The first kappa shape index (κ1) is 22.5. The van der Waals surface area contributed by atoms with Crippen LogP contribution in [0.15, 0.2) is 0 Å². The molecule has 2 amide bonds. The number of rotatable bonds is 3. The molecule has 0 saturated carbocycles. The van der Waals surface area contributed by atoms with E-state index in [4.69, 9.17) is 9.47 Å². The Hall–Kier alpha value is -1.55. The molecule has 0 aromatic carbocycles. The van der Waals surface area contributed by atoms with Crippen molar-refractivity contribution in [2.24, 2.45) is 0 Å². The summed E-state index contributed by atoms with van der Waals surface area (Å²) in [5, 5.41) is 0. The molecule has 10 heteroatoms. The van der Waals surface area contributed by atoms with Crippen molar-refractivity contribution in [1.82, 2.24) is 13.9 Å². The van der Waals surface area contributed by atoms with Crippen LogP contribution in [0.4, 0.5) is 9.59 Å². The lowest BCUT2D eigenvalue weighted by atomic mass is 10.1. The highest BCUT2D eigenvalue weighted by Gasteiger charge is 2.34. The number of likely N-dealkylation sites (tertiary alicyclic amines) is 1. The van der Waals surface area contributed by atoms with Crippen molar-refractivity contribution in [3.63, 3.8) is 0 Å². The summed E-state index contributed by atoms with van der Waals surface area (Å²) in [6, 6.07) is -0.325. The van der Waals surface area contributed by atoms with Gasteiger partial charge in [0.2, 0.25) is 0 Å². The summed E-state index contributed by atoms with van der Waals surface area (Å²) in [5.41, 5.74) is -1.37. The van der Waals surface area contributed by atoms with Crippen LogP contribution >= 0.6 is 0 Å². The van der Waals surface area contributed by atoms with E-state index in [1.54, 1.807) is 46.4 Å². The molecule has 0 aliphatic carbocycles. The Bertz CT molecular complexity index is 613. The van der Waals surface area contributed by atoms with Gasteiger partial charge in [0.15, 0.2) is 0 Å². The standard InChI is InChI=1S/C16H31N3O6S/c1-15(2,3)24-13(20)17-26(22,23)18(7)12-8-10-19(11-9-12)14(21)25-16(4,5)6/h12H,8-11H2,1-7H3,(H,17,20). The Morgan fingerprint density at radius 2 is 1.46 bits per heavy atom. The van der Waals surface area contributed by atoms with Crippen molar-refractivity contribution in [3.8, 4) is 0 Å². The summed E-state index contributed by atoms with van der Waals surface area (Å²) in [6.45, 7) is 11.1. The van der Waals surface area contributed by atoms with Gasteiger partial charge >= 0.3 is 22.4 Å². The van der Waals surface area contributed by atoms with Crippen LogP contribution in [0.25, 0.3) is 0 Å². The predicted octanol–water partition coefficient (Wildman–Crippen LogP) is 2.09. The van der Waals surface area contributed by atoms with E-state index in [2.05, 4.69) is 0 Å². The van der Waals surface area contributed by atoms with Crippen LogP contribution in [0, 0.1) is 0 Å². The van der Waals surface area contributed by atoms with Crippen LogP contribution in [-0.2, 0) is 19.7 Å². The van der Waals surface area contributed by atoms with Gasteiger partial charge in [-0.05, 0) is 54.4 Å². The molecule has 0 atom stereocenters. The number of ether oxygens (including phenoxy) is 2. The molecule has 0 spiro atoms. The molecule has 0 unspecified atom stereocenters. The third-order valence-corrected chi connectivity index (χ3v) is 5.10. The van der Waals surface area contributed by atoms with Crippen molar-refractivity contribution in [1.29, 1.82) is 0 Å². The van der Waals surface area contributed by atoms with E-state index in [-0.39, 0.29) is 6.04 Å². The molecule has 152 valence electrons. The lowest BCUT2D eigenvalue weighted by Gasteiger charge is -2.36. The number of carbonyl (C=O) groups excluding carboxylic acids is 2. The van der Waals surface area contributed by atoms with E-state index in [0.717, 1.165) is 4.31 Å². The molecule has 1 aliphatic heterocycles. The molecular weight excluding hydrogens is 362 g/mol. The minimum Gasteiger partial charge on any atom is -0.444 e. The van der Waals surface area contributed by atoms with Crippen molar-refractivity contribution in [2.75, 3.05) is 20.1 Å². The zero-order valence-corrected chi connectivity index (χ0v) is 17.5. The van der Waals surface area contributed by atoms with Crippen molar-refractivity contribution in [3.05, 3.63) is 0 Å². The Labute approximate surface area is 156 Å². The highest BCUT2D eigenvalue weighted by atomic mass is 32.2. The van der Waals surface area contributed by atoms with Gasteiger partial charge in [-0.15, -0.1) is 0 Å². The summed E-state index contributed by atoms with van der Waals surface area (Å²) >= 11 is 0. The maximum Gasteiger partial charge on any atom is 0.422 e. The third kappa shape index (κ3) is 7.36. The summed E-state index contributed by atoms with van der Waals surface area (Å²) in [4.78, 5) is 25.3. The van der Waals surface area contributed by atoms with Gasteiger partial charge in [0.1, 0.15) is 11.2 Å². The topological polar surface area (TPSA) is 105 Å². The molecule has 9 nitrogen and oxygen atoms in total. The number of nitrogens with one attached hydrogen (secondary N) is 1. The summed E-state index contributed by atoms with van der Waals surface area (Å²) in [7, 11) is -2.62. The number of hydrogen-bond donors (Lipinski definition) is 1. The van der Waals surface area contributed by atoms with Gasteiger partial charge in [0, 0.05) is 26.2 Å². The van der Waals surface area contributed by atoms with Gasteiger partial charge in [0.25, 0.3) is 0 Å². The molecule has 26 heavy (non-hydrogen) atoms. The number of piperidine rings is 1. The van der Waals surface area contributed by atoms with Crippen LogP contribution in [0.1, 0.15) is 54.4 Å². The second kappa shape index (κ2) is 7.99. The van der Waals surface area contributed by atoms with E-state index in [0.29, 0.717) is 25.9 Å². The second-order valence-corrected chi connectivity index (χ2v) is 10.1. The van der Waals surface area contributed by atoms with Gasteiger partial charge in [-0.2, -0.15) is 12.7 Å². The smallest absolute Gasteiger partial charge is 0.422 e. The normalized spacial score (nSPS) is 17.2. The molecule has 0 aromatic rings. The molecule has 1 fully saturated rings. The first-order valence-electron chi connectivity index (χ1n) is 8.57. The van der Waals surface area contributed by atoms with Crippen molar-refractivity contribution in [2.45, 2.75) is 71.6 Å². The average Bonchev–Trinajstić information content (AvgIpc) is 2.42. The first-order valence-corrected chi connectivity index (χ1v) is 10.0. The number of hydrogen-bond acceptors (Lipinski definition) is 6. The average molecular weight is 394 g/mol. The molecule has 1 saturated heterocycles. The molecule has 0 bridgehead atoms. The van der Waals surface area contributed by atoms with Crippen LogP contribution < -0.4 is 4.72 Å². The van der Waals surface area contributed by atoms with E-state index >= 15 is 0 Å². The fourth-order valence-electron chi connectivity index (χ4n) is 2.41. The summed E-state index contributed by atoms with van der Waals surface area (Å²) in [5.74, 6) is 0. The molecule has 0 radical (unpaired) electrons. The van der Waals surface area contributed by atoms with Crippen LogP contribution in [-0.4, -0.2) is 67.2 Å². The third-order valence-electron chi connectivity index (χ3n) is 3.62. The SMILES string of the molecule is CN(C1CCN(C(=O)OC(C)(C)C)CC1)S(=O)(=O)NC(=O)OC(C)(C)C. The Morgan fingerprint density at radius 1 is 1.00 bits per heavy atom. The molecular formula is C16H31N3O6S. The number of nitrogens with zero attached hydrogens (tertiary/aromatic N) is 2. The highest BCUT2D eigenvalue weighted by Crippen LogP contribution is 2.20. The summed E-state index contributed by atoms with van der Waals surface area (Å²) in [6.07, 6.45) is -0.528. The van der Waals surface area contributed by atoms with E-state index in [1.165, 1.54) is 7.05 Å². The Morgan fingerprint density at radius 3 is 1.88 bits per heavy atom. The Balaban J connectivity index is 2.60. The molecule has 1 N–H and O–H groups in total. The summed E-state index contributed by atoms with van der Waals surface area (Å²) < 4.78 is 38.0. The lowest BCUT2D eigenvalue weighted by Crippen LogP contribution is -2.52.